The third kappa shape index (κ3) is 4.53. The summed E-state index contributed by atoms with van der Waals surface area (Å²) >= 11 is 0. The van der Waals surface area contributed by atoms with Crippen LogP contribution in [0, 0.1) is 12.8 Å². The van der Waals surface area contributed by atoms with E-state index in [0.29, 0.717) is 30.9 Å². The SMILES string of the molecule is Cc1cc(Nc2nccc(C(F)F)n2)cc(-c2cn(C[C@H]3CNC(=O)C3)nn2)c1. The number of amides is 1. The van der Waals surface area contributed by atoms with Gasteiger partial charge in [-0.25, -0.2) is 18.7 Å². The number of hydrogen-bond donors (Lipinski definition) is 2. The van der Waals surface area contributed by atoms with Gasteiger partial charge in [-0.2, -0.15) is 0 Å². The molecule has 4 rings (SSSR count). The lowest BCUT2D eigenvalue weighted by Gasteiger charge is -2.09. The second kappa shape index (κ2) is 7.90. The van der Waals surface area contributed by atoms with Gasteiger partial charge in [-0.3, -0.25) is 9.48 Å². The molecule has 1 saturated heterocycles. The van der Waals surface area contributed by atoms with Gasteiger partial charge in [0.1, 0.15) is 11.4 Å². The van der Waals surface area contributed by atoms with Crippen LogP contribution in [-0.4, -0.2) is 37.4 Å². The predicted octanol–water partition coefficient (Wildman–Crippen LogP) is 2.86. The molecule has 1 aromatic carbocycles. The lowest BCUT2D eigenvalue weighted by atomic mass is 10.1. The summed E-state index contributed by atoms with van der Waals surface area (Å²) in [7, 11) is 0. The van der Waals surface area contributed by atoms with Crippen molar-refractivity contribution in [1.29, 1.82) is 0 Å². The van der Waals surface area contributed by atoms with Crippen molar-refractivity contribution < 1.29 is 13.6 Å². The average molecular weight is 399 g/mol. The molecule has 0 unspecified atom stereocenters. The molecule has 3 aromatic rings. The van der Waals surface area contributed by atoms with E-state index < -0.39 is 6.43 Å². The van der Waals surface area contributed by atoms with Crippen molar-refractivity contribution in [3.05, 3.63) is 47.9 Å². The largest absolute Gasteiger partial charge is 0.356 e. The Kier molecular flexibility index (Phi) is 5.15. The highest BCUT2D eigenvalue weighted by Crippen LogP contribution is 2.25. The first-order chi connectivity index (χ1) is 14.0. The zero-order valence-corrected chi connectivity index (χ0v) is 15.6. The molecule has 2 aromatic heterocycles. The molecule has 0 saturated carbocycles. The van der Waals surface area contributed by atoms with Crippen molar-refractivity contribution in [1.82, 2.24) is 30.3 Å². The highest BCUT2D eigenvalue weighted by Gasteiger charge is 2.22. The number of carbonyl (C=O) groups is 1. The van der Waals surface area contributed by atoms with Gasteiger partial charge in [0.25, 0.3) is 6.43 Å². The lowest BCUT2D eigenvalue weighted by Crippen LogP contribution is -2.16. The lowest BCUT2D eigenvalue weighted by molar-refractivity contribution is -0.119. The Morgan fingerprint density at radius 2 is 2.21 bits per heavy atom. The van der Waals surface area contributed by atoms with Crippen molar-refractivity contribution >= 4 is 17.5 Å². The number of nitrogens with one attached hydrogen (secondary N) is 2. The molecule has 1 aliphatic rings. The summed E-state index contributed by atoms with van der Waals surface area (Å²) in [6.45, 7) is 3.17. The van der Waals surface area contributed by atoms with E-state index in [0.717, 1.165) is 11.1 Å². The van der Waals surface area contributed by atoms with Crippen LogP contribution in [0.4, 0.5) is 20.4 Å². The fourth-order valence-electron chi connectivity index (χ4n) is 3.26. The molecule has 1 atom stereocenters. The van der Waals surface area contributed by atoms with E-state index >= 15 is 0 Å². The van der Waals surface area contributed by atoms with Crippen molar-refractivity contribution in [2.75, 3.05) is 11.9 Å². The molecule has 150 valence electrons. The molecule has 3 heterocycles. The van der Waals surface area contributed by atoms with Gasteiger partial charge in [0.2, 0.25) is 11.9 Å². The number of benzene rings is 1. The highest BCUT2D eigenvalue weighted by molar-refractivity contribution is 5.78. The Morgan fingerprint density at radius 3 is 2.97 bits per heavy atom. The number of hydrogen-bond acceptors (Lipinski definition) is 6. The first kappa shape index (κ1) is 18.9. The molecule has 2 N–H and O–H groups in total. The fourth-order valence-corrected chi connectivity index (χ4v) is 3.26. The van der Waals surface area contributed by atoms with E-state index in [2.05, 4.69) is 30.9 Å². The predicted molar refractivity (Wildman–Crippen MR) is 102 cm³/mol. The topological polar surface area (TPSA) is 97.6 Å². The van der Waals surface area contributed by atoms with E-state index in [1.54, 1.807) is 4.68 Å². The van der Waals surface area contributed by atoms with Gasteiger partial charge in [0.15, 0.2) is 0 Å². The summed E-state index contributed by atoms with van der Waals surface area (Å²) in [5.74, 6) is 0.357. The molecule has 10 heteroatoms. The van der Waals surface area contributed by atoms with E-state index in [4.69, 9.17) is 0 Å². The van der Waals surface area contributed by atoms with Crippen LogP contribution in [0.5, 0.6) is 0 Å². The smallest absolute Gasteiger partial charge is 0.280 e. The molecule has 29 heavy (non-hydrogen) atoms. The minimum Gasteiger partial charge on any atom is -0.356 e. The first-order valence-corrected chi connectivity index (χ1v) is 9.13. The number of aryl methyl sites for hydroxylation is 1. The first-order valence-electron chi connectivity index (χ1n) is 9.13. The van der Waals surface area contributed by atoms with Gasteiger partial charge < -0.3 is 10.6 Å². The third-order valence-electron chi connectivity index (χ3n) is 4.58. The summed E-state index contributed by atoms with van der Waals surface area (Å²) in [5, 5.41) is 14.2. The molecule has 0 radical (unpaired) electrons. The van der Waals surface area contributed by atoms with E-state index in [1.165, 1.54) is 12.3 Å². The molecule has 1 amide bonds. The van der Waals surface area contributed by atoms with Crippen LogP contribution in [0.15, 0.2) is 36.7 Å². The number of aromatic nitrogens is 5. The van der Waals surface area contributed by atoms with Crippen LogP contribution in [0.1, 0.15) is 24.1 Å². The van der Waals surface area contributed by atoms with Gasteiger partial charge in [-0.1, -0.05) is 5.21 Å². The maximum absolute atomic E-state index is 12.8. The zero-order valence-electron chi connectivity index (χ0n) is 15.6. The van der Waals surface area contributed by atoms with Crippen LogP contribution in [-0.2, 0) is 11.3 Å². The van der Waals surface area contributed by atoms with Gasteiger partial charge >= 0.3 is 0 Å². The van der Waals surface area contributed by atoms with Gasteiger partial charge in [0.05, 0.1) is 6.20 Å². The summed E-state index contributed by atoms with van der Waals surface area (Å²) in [4.78, 5) is 19.2. The normalized spacial score (nSPS) is 16.3. The average Bonchev–Trinajstić information content (AvgIpc) is 3.31. The summed E-state index contributed by atoms with van der Waals surface area (Å²) < 4.78 is 27.4. The van der Waals surface area contributed by atoms with E-state index in [-0.39, 0.29) is 23.5 Å². The van der Waals surface area contributed by atoms with Gasteiger partial charge in [-0.05, 0) is 36.8 Å². The standard InChI is InChI=1S/C19H19F2N7O/c1-11-4-13(16-10-28(27-26-16)9-12-6-17(29)23-8-12)7-14(5-11)24-19-22-3-2-15(25-19)18(20)21/h2-5,7,10,12,18H,6,8-9H2,1H3,(H,23,29)(H,22,24,25)/t12-/m1/s1. The second-order valence-corrected chi connectivity index (χ2v) is 7.02. The summed E-state index contributed by atoms with van der Waals surface area (Å²) in [6.07, 6.45) is 0.953. The van der Waals surface area contributed by atoms with Crippen molar-refractivity contribution in [3.63, 3.8) is 0 Å². The van der Waals surface area contributed by atoms with Gasteiger partial charge in [0, 0.05) is 42.9 Å². The number of nitrogens with zero attached hydrogens (tertiary/aromatic N) is 5. The van der Waals surface area contributed by atoms with E-state index in [1.807, 2.05) is 31.3 Å². The number of alkyl halides is 2. The molecular formula is C19H19F2N7O. The molecule has 0 spiro atoms. The third-order valence-corrected chi connectivity index (χ3v) is 4.58. The summed E-state index contributed by atoms with van der Waals surface area (Å²) in [5.41, 5.74) is 2.78. The monoisotopic (exact) mass is 399 g/mol. The Balaban J connectivity index is 1.53. The Labute approximate surface area is 165 Å². The van der Waals surface area contributed by atoms with Crippen molar-refractivity contribution in [2.45, 2.75) is 26.3 Å². The molecule has 0 bridgehead atoms. The Hall–Kier alpha value is -3.43. The molecule has 1 aliphatic heterocycles. The second-order valence-electron chi connectivity index (χ2n) is 7.02. The molecular weight excluding hydrogens is 380 g/mol. The van der Waals surface area contributed by atoms with Crippen LogP contribution in [0.2, 0.25) is 0 Å². The van der Waals surface area contributed by atoms with Crippen molar-refractivity contribution in [3.8, 4) is 11.3 Å². The fraction of sp³-hybridized carbons (Fsp3) is 0.316. The minimum absolute atomic E-state index is 0.0582. The highest BCUT2D eigenvalue weighted by atomic mass is 19.3. The number of carbonyl (C=O) groups excluding carboxylic acids is 1. The maximum Gasteiger partial charge on any atom is 0.280 e. The van der Waals surface area contributed by atoms with Crippen LogP contribution < -0.4 is 10.6 Å². The van der Waals surface area contributed by atoms with Crippen molar-refractivity contribution in [2.24, 2.45) is 5.92 Å². The number of halogens is 2. The number of rotatable bonds is 6. The Morgan fingerprint density at radius 1 is 1.34 bits per heavy atom. The number of anilines is 2. The summed E-state index contributed by atoms with van der Waals surface area (Å²) in [6, 6.07) is 6.84. The molecule has 8 nitrogen and oxygen atoms in total. The van der Waals surface area contributed by atoms with E-state index in [9.17, 15) is 13.6 Å². The van der Waals surface area contributed by atoms with Crippen LogP contribution >= 0.6 is 0 Å². The molecule has 1 fully saturated rings. The Bertz CT molecular complexity index is 1040. The van der Waals surface area contributed by atoms with Crippen LogP contribution in [0.3, 0.4) is 0 Å². The van der Waals surface area contributed by atoms with Crippen LogP contribution in [0.25, 0.3) is 11.3 Å². The maximum atomic E-state index is 12.8. The van der Waals surface area contributed by atoms with Gasteiger partial charge in [-0.15, -0.1) is 5.10 Å². The quantitative estimate of drug-likeness (QED) is 0.662. The molecule has 0 aliphatic carbocycles. The zero-order chi connectivity index (χ0) is 20.4. The minimum atomic E-state index is -2.66.